The van der Waals surface area contributed by atoms with Crippen molar-refractivity contribution >= 4 is 15.9 Å². The summed E-state index contributed by atoms with van der Waals surface area (Å²) in [6.45, 7) is 6.45. The molecule has 1 aliphatic rings. The molecule has 1 rings (SSSR count). The molecule has 0 saturated carbocycles. The van der Waals surface area contributed by atoms with Crippen LogP contribution in [0.1, 0.15) is 20.8 Å². The molecule has 0 aromatic heterocycles. The van der Waals surface area contributed by atoms with Gasteiger partial charge in [-0.15, -0.1) is 0 Å². The van der Waals surface area contributed by atoms with Crippen LogP contribution in [0.2, 0.25) is 0 Å². The molecule has 0 heterocycles. The van der Waals surface area contributed by atoms with Crippen LogP contribution in [0.4, 0.5) is 0 Å². The van der Waals surface area contributed by atoms with Crippen LogP contribution in [-0.4, -0.2) is 13.2 Å². The summed E-state index contributed by atoms with van der Waals surface area (Å²) in [5, 5.41) is 0. The molecule has 1 aliphatic carbocycles. The molecule has 0 fully saturated rings. The van der Waals surface area contributed by atoms with Gasteiger partial charge in [0.15, 0.2) is 0 Å². The van der Waals surface area contributed by atoms with Crippen LogP contribution >= 0.6 is 15.9 Å². The topological polar surface area (TPSA) is 9.23 Å². The molecule has 0 radical (unpaired) electrons. The average Bonchev–Trinajstić information content (AvgIpc) is 2.01. The summed E-state index contributed by atoms with van der Waals surface area (Å²) in [5.41, 5.74) is 2.66. The molecule has 1 nitrogen and oxygen atoms in total. The number of methoxy groups -OCH3 is 1. The van der Waals surface area contributed by atoms with E-state index in [-0.39, 0.29) is 6.10 Å². The lowest BCUT2D eigenvalue weighted by Crippen LogP contribution is -2.25. The molecule has 2 heteroatoms. The van der Waals surface area contributed by atoms with E-state index in [2.05, 4.69) is 42.8 Å². The minimum atomic E-state index is 0.256. The summed E-state index contributed by atoms with van der Waals surface area (Å²) in [4.78, 5) is 0. The van der Waals surface area contributed by atoms with Gasteiger partial charge in [0.25, 0.3) is 0 Å². The Morgan fingerprint density at radius 2 is 2.00 bits per heavy atom. The molecule has 0 spiro atoms. The standard InChI is InChI=1S/C10H15BrO/c1-6-5-9(11)7(2)8(3)10(6)12-4/h5,8,10H,1-4H3. The highest BCUT2D eigenvalue weighted by molar-refractivity contribution is 9.11. The van der Waals surface area contributed by atoms with Crippen LogP contribution in [0.15, 0.2) is 21.7 Å². The van der Waals surface area contributed by atoms with Gasteiger partial charge >= 0.3 is 0 Å². The van der Waals surface area contributed by atoms with Gasteiger partial charge in [-0.2, -0.15) is 0 Å². The van der Waals surface area contributed by atoms with Crippen molar-refractivity contribution in [1.82, 2.24) is 0 Å². The Hall–Kier alpha value is -0.0800. The molecule has 0 saturated heterocycles. The van der Waals surface area contributed by atoms with Crippen molar-refractivity contribution in [3.05, 3.63) is 21.7 Å². The number of halogens is 1. The Labute approximate surface area is 82.6 Å². The second-order valence-electron chi connectivity index (χ2n) is 3.36. The highest BCUT2D eigenvalue weighted by Crippen LogP contribution is 2.33. The summed E-state index contributed by atoms with van der Waals surface area (Å²) in [6, 6.07) is 0. The van der Waals surface area contributed by atoms with E-state index in [1.54, 1.807) is 7.11 Å². The zero-order valence-corrected chi connectivity index (χ0v) is 9.60. The maximum atomic E-state index is 5.41. The summed E-state index contributed by atoms with van der Waals surface area (Å²) in [6.07, 6.45) is 2.40. The monoisotopic (exact) mass is 230 g/mol. The molecule has 0 bridgehead atoms. The van der Waals surface area contributed by atoms with Crippen LogP contribution in [0.3, 0.4) is 0 Å². The van der Waals surface area contributed by atoms with Gasteiger partial charge in [-0.1, -0.05) is 28.4 Å². The lowest BCUT2D eigenvalue weighted by atomic mass is 9.87. The molecular weight excluding hydrogens is 216 g/mol. The van der Waals surface area contributed by atoms with Crippen LogP contribution in [0, 0.1) is 5.92 Å². The number of ether oxygens (including phenoxy) is 1. The normalized spacial score (nSPS) is 30.6. The smallest absolute Gasteiger partial charge is 0.0844 e. The Morgan fingerprint density at radius 3 is 2.50 bits per heavy atom. The average molecular weight is 231 g/mol. The van der Waals surface area contributed by atoms with Crippen molar-refractivity contribution in [2.24, 2.45) is 5.92 Å². The Bertz CT molecular complexity index is 240. The summed E-state index contributed by atoms with van der Waals surface area (Å²) in [7, 11) is 1.77. The van der Waals surface area contributed by atoms with Crippen LogP contribution < -0.4 is 0 Å². The molecule has 12 heavy (non-hydrogen) atoms. The highest BCUT2D eigenvalue weighted by atomic mass is 79.9. The van der Waals surface area contributed by atoms with E-state index in [4.69, 9.17) is 4.74 Å². The third-order valence-electron chi connectivity index (χ3n) is 2.57. The van der Waals surface area contributed by atoms with Crippen molar-refractivity contribution in [2.45, 2.75) is 26.9 Å². The van der Waals surface area contributed by atoms with Gasteiger partial charge in [0, 0.05) is 17.5 Å². The van der Waals surface area contributed by atoms with Crippen molar-refractivity contribution < 1.29 is 4.74 Å². The quantitative estimate of drug-likeness (QED) is 0.673. The van der Waals surface area contributed by atoms with Gasteiger partial charge < -0.3 is 4.74 Å². The summed E-state index contributed by atoms with van der Waals surface area (Å²) in [5.74, 6) is 0.481. The predicted octanol–water partition coefficient (Wildman–Crippen LogP) is 3.27. The Balaban J connectivity index is 2.98. The van der Waals surface area contributed by atoms with Gasteiger partial charge in [0.1, 0.15) is 0 Å². The summed E-state index contributed by atoms with van der Waals surface area (Å²) >= 11 is 3.54. The Morgan fingerprint density at radius 1 is 1.42 bits per heavy atom. The van der Waals surface area contributed by atoms with Gasteiger partial charge in [0.2, 0.25) is 0 Å². The van der Waals surface area contributed by atoms with Gasteiger partial charge in [0.05, 0.1) is 6.10 Å². The first-order chi connectivity index (χ1) is 5.57. The van der Waals surface area contributed by atoms with E-state index in [1.807, 2.05) is 0 Å². The van der Waals surface area contributed by atoms with Crippen LogP contribution in [0.25, 0.3) is 0 Å². The van der Waals surface area contributed by atoms with Crippen molar-refractivity contribution in [3.8, 4) is 0 Å². The molecule has 68 valence electrons. The second kappa shape index (κ2) is 3.75. The SMILES string of the molecule is COC1C(C)=CC(Br)=C(C)C1C. The predicted molar refractivity (Wildman–Crippen MR) is 55.3 cm³/mol. The number of hydrogen-bond acceptors (Lipinski definition) is 1. The number of allylic oxidation sites excluding steroid dienone is 2. The zero-order valence-electron chi connectivity index (χ0n) is 8.02. The van der Waals surface area contributed by atoms with E-state index >= 15 is 0 Å². The first kappa shape index (κ1) is 10.0. The fraction of sp³-hybridized carbons (Fsp3) is 0.600. The molecule has 0 aromatic carbocycles. The largest absolute Gasteiger partial charge is 0.376 e. The van der Waals surface area contributed by atoms with Crippen LogP contribution in [0.5, 0.6) is 0 Å². The first-order valence-corrected chi connectivity index (χ1v) is 4.94. The van der Waals surface area contributed by atoms with Gasteiger partial charge in [-0.05, 0) is 25.5 Å². The van der Waals surface area contributed by atoms with E-state index in [0.29, 0.717) is 5.92 Å². The molecular formula is C10H15BrO. The maximum absolute atomic E-state index is 5.41. The zero-order chi connectivity index (χ0) is 9.30. The molecule has 0 aromatic rings. The fourth-order valence-electron chi connectivity index (χ4n) is 1.62. The van der Waals surface area contributed by atoms with E-state index in [9.17, 15) is 0 Å². The number of rotatable bonds is 1. The van der Waals surface area contributed by atoms with Crippen molar-refractivity contribution in [2.75, 3.05) is 7.11 Å². The first-order valence-electron chi connectivity index (χ1n) is 4.15. The van der Waals surface area contributed by atoms with Crippen molar-refractivity contribution in [1.29, 1.82) is 0 Å². The molecule has 2 atom stereocenters. The molecule has 0 amide bonds. The van der Waals surface area contributed by atoms with Gasteiger partial charge in [-0.25, -0.2) is 0 Å². The third kappa shape index (κ3) is 1.64. The Kier molecular flexibility index (Phi) is 3.13. The van der Waals surface area contributed by atoms with Crippen molar-refractivity contribution in [3.63, 3.8) is 0 Å². The van der Waals surface area contributed by atoms with E-state index < -0.39 is 0 Å². The number of hydrogen-bond donors (Lipinski definition) is 0. The summed E-state index contributed by atoms with van der Waals surface area (Å²) < 4.78 is 6.62. The van der Waals surface area contributed by atoms with E-state index in [0.717, 1.165) is 0 Å². The highest BCUT2D eigenvalue weighted by Gasteiger charge is 2.24. The molecule has 0 aliphatic heterocycles. The fourth-order valence-corrected chi connectivity index (χ4v) is 2.35. The maximum Gasteiger partial charge on any atom is 0.0844 e. The van der Waals surface area contributed by atoms with Crippen LogP contribution in [-0.2, 0) is 4.74 Å². The minimum Gasteiger partial charge on any atom is -0.376 e. The third-order valence-corrected chi connectivity index (χ3v) is 3.43. The minimum absolute atomic E-state index is 0.256. The lowest BCUT2D eigenvalue weighted by molar-refractivity contribution is 0.0979. The second-order valence-corrected chi connectivity index (χ2v) is 4.22. The molecule has 2 unspecified atom stereocenters. The van der Waals surface area contributed by atoms with E-state index in [1.165, 1.54) is 15.6 Å². The lowest BCUT2D eigenvalue weighted by Gasteiger charge is -2.28. The molecule has 0 N–H and O–H groups in total. The van der Waals surface area contributed by atoms with Gasteiger partial charge in [-0.3, -0.25) is 0 Å².